The molecule has 7 nitrogen and oxygen atoms in total. The van der Waals surface area contributed by atoms with Crippen molar-refractivity contribution in [3.05, 3.63) is 58.4 Å². The molecular weight excluding hydrogens is 430 g/mol. The molecule has 1 fully saturated rings. The van der Waals surface area contributed by atoms with Crippen molar-refractivity contribution >= 4 is 23.4 Å². The van der Waals surface area contributed by atoms with Gasteiger partial charge in [0, 0.05) is 50.0 Å². The zero-order valence-corrected chi connectivity index (χ0v) is 19.4. The molecule has 8 heteroatoms. The molecule has 1 aromatic carbocycles. The Hall–Kier alpha value is -2.64. The van der Waals surface area contributed by atoms with Crippen molar-refractivity contribution in [1.29, 1.82) is 0 Å². The number of hydrogen-bond donors (Lipinski definition) is 1. The first-order valence-electron chi connectivity index (χ1n) is 10.9. The van der Waals surface area contributed by atoms with Gasteiger partial charge in [-0.15, -0.1) is 0 Å². The first kappa shape index (κ1) is 24.0. The number of rotatable bonds is 9. The summed E-state index contributed by atoms with van der Waals surface area (Å²) >= 11 is 5.87. The second kappa shape index (κ2) is 11.8. The van der Waals surface area contributed by atoms with Crippen LogP contribution in [-0.4, -0.2) is 61.7 Å². The number of piperidine rings is 1. The van der Waals surface area contributed by atoms with Gasteiger partial charge in [-0.2, -0.15) is 0 Å². The minimum atomic E-state index is -0.113. The second-order valence-corrected chi connectivity index (χ2v) is 8.32. The standard InChI is InChI=1S/C24H30ClN3O4/c1-17-4-9-21(24(30)26-12-3-15-31-2)23(27-17)18-10-13-28(14-11-18)22(29)16-32-20-7-5-19(25)6-8-20/h4-9,18H,3,10-16H2,1-2H3,(H,26,30). The minimum Gasteiger partial charge on any atom is -0.484 e. The lowest BCUT2D eigenvalue weighted by atomic mass is 9.89. The predicted octanol–water partition coefficient (Wildman–Crippen LogP) is 3.59. The Morgan fingerprint density at radius 3 is 2.56 bits per heavy atom. The van der Waals surface area contributed by atoms with Gasteiger partial charge >= 0.3 is 0 Å². The summed E-state index contributed by atoms with van der Waals surface area (Å²) < 4.78 is 10.6. The van der Waals surface area contributed by atoms with Crippen LogP contribution in [0.5, 0.6) is 5.75 Å². The lowest BCUT2D eigenvalue weighted by Gasteiger charge is -2.32. The Kier molecular flexibility index (Phi) is 8.88. The van der Waals surface area contributed by atoms with Crippen LogP contribution in [0.2, 0.25) is 5.02 Å². The third-order valence-electron chi connectivity index (χ3n) is 5.53. The van der Waals surface area contributed by atoms with E-state index in [4.69, 9.17) is 26.1 Å². The number of aromatic nitrogens is 1. The first-order valence-corrected chi connectivity index (χ1v) is 11.3. The number of carbonyl (C=O) groups is 2. The molecule has 2 aromatic rings. The quantitative estimate of drug-likeness (QED) is 0.579. The molecular formula is C24H30ClN3O4. The summed E-state index contributed by atoms with van der Waals surface area (Å²) in [5, 5.41) is 3.57. The summed E-state index contributed by atoms with van der Waals surface area (Å²) in [7, 11) is 1.64. The fourth-order valence-electron chi connectivity index (χ4n) is 3.76. The Bertz CT molecular complexity index is 912. The van der Waals surface area contributed by atoms with E-state index in [9.17, 15) is 9.59 Å². The molecule has 1 saturated heterocycles. The van der Waals surface area contributed by atoms with Crippen LogP contribution in [0.15, 0.2) is 36.4 Å². The highest BCUT2D eigenvalue weighted by molar-refractivity contribution is 6.30. The maximum absolute atomic E-state index is 12.7. The third kappa shape index (κ3) is 6.68. The summed E-state index contributed by atoms with van der Waals surface area (Å²) in [6.07, 6.45) is 2.27. The number of ether oxygens (including phenoxy) is 2. The van der Waals surface area contributed by atoms with E-state index < -0.39 is 0 Å². The molecule has 1 aliphatic rings. The second-order valence-electron chi connectivity index (χ2n) is 7.89. The third-order valence-corrected chi connectivity index (χ3v) is 5.78. The van der Waals surface area contributed by atoms with Gasteiger partial charge in [0.1, 0.15) is 5.75 Å². The van der Waals surface area contributed by atoms with Gasteiger partial charge in [0.25, 0.3) is 11.8 Å². The number of aryl methyl sites for hydroxylation is 1. The van der Waals surface area contributed by atoms with Crippen LogP contribution in [-0.2, 0) is 9.53 Å². The molecule has 2 amide bonds. The summed E-state index contributed by atoms with van der Waals surface area (Å²) in [6, 6.07) is 10.7. The van der Waals surface area contributed by atoms with Crippen LogP contribution < -0.4 is 10.1 Å². The van der Waals surface area contributed by atoms with Gasteiger partial charge < -0.3 is 19.7 Å². The average molecular weight is 460 g/mol. The Morgan fingerprint density at radius 2 is 1.88 bits per heavy atom. The van der Waals surface area contributed by atoms with Crippen LogP contribution >= 0.6 is 11.6 Å². The number of carbonyl (C=O) groups excluding carboxylic acids is 2. The summed E-state index contributed by atoms with van der Waals surface area (Å²) in [5.41, 5.74) is 2.31. The van der Waals surface area contributed by atoms with Crippen molar-refractivity contribution < 1.29 is 19.1 Å². The Labute approximate surface area is 194 Å². The zero-order chi connectivity index (χ0) is 22.9. The van der Waals surface area contributed by atoms with Crippen molar-refractivity contribution in [1.82, 2.24) is 15.2 Å². The van der Waals surface area contributed by atoms with E-state index in [1.54, 1.807) is 31.4 Å². The van der Waals surface area contributed by atoms with Gasteiger partial charge in [0.2, 0.25) is 0 Å². The highest BCUT2D eigenvalue weighted by atomic mass is 35.5. The highest BCUT2D eigenvalue weighted by Gasteiger charge is 2.28. The number of nitrogens with zero attached hydrogens (tertiary/aromatic N) is 2. The van der Waals surface area contributed by atoms with E-state index in [0.29, 0.717) is 42.6 Å². The monoisotopic (exact) mass is 459 g/mol. The topological polar surface area (TPSA) is 80.8 Å². The lowest BCUT2D eigenvalue weighted by Crippen LogP contribution is -2.41. The molecule has 1 N–H and O–H groups in total. The van der Waals surface area contributed by atoms with Crippen molar-refractivity contribution in [2.75, 3.05) is 40.0 Å². The number of methoxy groups -OCH3 is 1. The fourth-order valence-corrected chi connectivity index (χ4v) is 3.89. The van der Waals surface area contributed by atoms with E-state index in [-0.39, 0.29) is 24.3 Å². The zero-order valence-electron chi connectivity index (χ0n) is 18.6. The number of benzene rings is 1. The highest BCUT2D eigenvalue weighted by Crippen LogP contribution is 2.29. The summed E-state index contributed by atoms with van der Waals surface area (Å²) in [6.45, 7) is 4.30. The predicted molar refractivity (Wildman–Crippen MR) is 123 cm³/mol. The number of amides is 2. The number of halogens is 1. The van der Waals surface area contributed by atoms with Gasteiger partial charge in [0.15, 0.2) is 6.61 Å². The van der Waals surface area contributed by atoms with Gasteiger partial charge in [-0.05, 0) is 62.6 Å². The summed E-state index contributed by atoms with van der Waals surface area (Å²) in [4.78, 5) is 31.8. The maximum atomic E-state index is 12.7. The minimum absolute atomic E-state index is 0.00980. The number of hydrogen-bond acceptors (Lipinski definition) is 5. The molecule has 0 saturated carbocycles. The largest absolute Gasteiger partial charge is 0.484 e. The Balaban J connectivity index is 1.55. The van der Waals surface area contributed by atoms with E-state index >= 15 is 0 Å². The van der Waals surface area contributed by atoms with Gasteiger partial charge in [-0.25, -0.2) is 0 Å². The molecule has 0 atom stereocenters. The van der Waals surface area contributed by atoms with E-state index in [0.717, 1.165) is 30.7 Å². The molecule has 32 heavy (non-hydrogen) atoms. The SMILES string of the molecule is COCCCNC(=O)c1ccc(C)nc1C1CCN(C(=O)COc2ccc(Cl)cc2)CC1. The average Bonchev–Trinajstić information content (AvgIpc) is 2.81. The van der Waals surface area contributed by atoms with Crippen molar-refractivity contribution in [3.8, 4) is 5.75 Å². The van der Waals surface area contributed by atoms with E-state index in [2.05, 4.69) is 5.32 Å². The van der Waals surface area contributed by atoms with Crippen LogP contribution in [0.1, 0.15) is 46.9 Å². The fraction of sp³-hybridized carbons (Fsp3) is 0.458. The molecule has 0 unspecified atom stereocenters. The smallest absolute Gasteiger partial charge is 0.260 e. The van der Waals surface area contributed by atoms with Crippen LogP contribution in [0.25, 0.3) is 0 Å². The van der Waals surface area contributed by atoms with Crippen molar-refractivity contribution in [2.45, 2.75) is 32.1 Å². The van der Waals surface area contributed by atoms with Crippen LogP contribution in [0, 0.1) is 6.92 Å². The molecule has 2 heterocycles. The molecule has 3 rings (SSSR count). The lowest BCUT2D eigenvalue weighted by molar-refractivity contribution is -0.134. The number of likely N-dealkylation sites (tertiary alicyclic amines) is 1. The normalized spacial score (nSPS) is 14.3. The van der Waals surface area contributed by atoms with Crippen LogP contribution in [0.3, 0.4) is 0 Å². The van der Waals surface area contributed by atoms with Crippen LogP contribution in [0.4, 0.5) is 0 Å². The van der Waals surface area contributed by atoms with Gasteiger partial charge in [-0.1, -0.05) is 11.6 Å². The molecule has 0 spiro atoms. The maximum Gasteiger partial charge on any atom is 0.260 e. The van der Waals surface area contributed by atoms with E-state index in [1.807, 2.05) is 24.0 Å². The van der Waals surface area contributed by atoms with E-state index in [1.165, 1.54) is 0 Å². The summed E-state index contributed by atoms with van der Waals surface area (Å²) in [5.74, 6) is 0.587. The van der Waals surface area contributed by atoms with Crippen molar-refractivity contribution in [3.63, 3.8) is 0 Å². The molecule has 0 aliphatic carbocycles. The van der Waals surface area contributed by atoms with Gasteiger partial charge in [-0.3, -0.25) is 14.6 Å². The van der Waals surface area contributed by atoms with Crippen molar-refractivity contribution in [2.24, 2.45) is 0 Å². The molecule has 1 aromatic heterocycles. The number of pyridine rings is 1. The first-order chi connectivity index (χ1) is 15.5. The molecule has 1 aliphatic heterocycles. The molecule has 0 bridgehead atoms. The molecule has 172 valence electrons. The molecule has 0 radical (unpaired) electrons. The Morgan fingerprint density at radius 1 is 1.16 bits per heavy atom. The number of nitrogens with one attached hydrogen (secondary N) is 1. The van der Waals surface area contributed by atoms with Gasteiger partial charge in [0.05, 0.1) is 11.3 Å².